The molecule has 2 rings (SSSR count). The van der Waals surface area contributed by atoms with Gasteiger partial charge >= 0.3 is 0 Å². The van der Waals surface area contributed by atoms with E-state index in [2.05, 4.69) is 5.32 Å². The highest BCUT2D eigenvalue weighted by Gasteiger charge is 2.18. The molecule has 2 aromatic carbocycles. The molecule has 3 nitrogen and oxygen atoms in total. The van der Waals surface area contributed by atoms with Crippen LogP contribution in [0.2, 0.25) is 5.02 Å². The van der Waals surface area contributed by atoms with Gasteiger partial charge in [0.2, 0.25) is 0 Å². The van der Waals surface area contributed by atoms with Gasteiger partial charge in [0.05, 0.1) is 0 Å². The van der Waals surface area contributed by atoms with E-state index in [0.717, 1.165) is 11.3 Å². The Kier molecular flexibility index (Phi) is 5.23. The van der Waals surface area contributed by atoms with Gasteiger partial charge in [0.1, 0.15) is 5.75 Å². The quantitative estimate of drug-likeness (QED) is 0.886. The van der Waals surface area contributed by atoms with Crippen LogP contribution in [0.1, 0.15) is 18.9 Å². The van der Waals surface area contributed by atoms with E-state index in [1.54, 1.807) is 24.3 Å². The fourth-order valence-electron chi connectivity index (χ4n) is 1.95. The van der Waals surface area contributed by atoms with E-state index in [1.807, 2.05) is 38.1 Å². The number of rotatable bonds is 5. The minimum absolute atomic E-state index is 0.155. The summed E-state index contributed by atoms with van der Waals surface area (Å²) in [5.74, 6) is 0.476. The van der Waals surface area contributed by atoms with Crippen LogP contribution in [0.3, 0.4) is 0 Å². The summed E-state index contributed by atoms with van der Waals surface area (Å²) in [5.41, 5.74) is 1.87. The standard InChI is InChI=1S/C17H18ClNO2/c1-3-16(21-15-9-7-13(18)8-10-15)17(20)19-14-6-4-5-12(2)11-14/h4-11,16H,3H2,1-2H3,(H,19,20)/t16-/m1/s1. The number of aryl methyl sites for hydroxylation is 1. The third kappa shape index (κ3) is 4.50. The van der Waals surface area contributed by atoms with Crippen molar-refractivity contribution in [2.45, 2.75) is 26.4 Å². The van der Waals surface area contributed by atoms with Crippen molar-refractivity contribution in [2.75, 3.05) is 5.32 Å². The summed E-state index contributed by atoms with van der Waals surface area (Å²) in [5, 5.41) is 3.51. The second-order valence-corrected chi connectivity index (χ2v) is 5.26. The first-order valence-electron chi connectivity index (χ1n) is 6.88. The topological polar surface area (TPSA) is 38.3 Å². The number of benzene rings is 2. The molecule has 0 unspecified atom stereocenters. The number of amides is 1. The normalized spacial score (nSPS) is 11.8. The first-order chi connectivity index (χ1) is 10.1. The number of carbonyl (C=O) groups excluding carboxylic acids is 1. The van der Waals surface area contributed by atoms with E-state index >= 15 is 0 Å². The SMILES string of the molecule is CC[C@@H](Oc1ccc(Cl)cc1)C(=O)Nc1cccc(C)c1. The van der Waals surface area contributed by atoms with E-state index < -0.39 is 6.10 Å². The van der Waals surface area contributed by atoms with Gasteiger partial charge in [-0.2, -0.15) is 0 Å². The first-order valence-corrected chi connectivity index (χ1v) is 7.26. The lowest BCUT2D eigenvalue weighted by atomic mass is 10.2. The molecule has 1 atom stereocenters. The van der Waals surface area contributed by atoms with Crippen molar-refractivity contribution in [1.82, 2.24) is 0 Å². The minimum Gasteiger partial charge on any atom is -0.481 e. The molecule has 0 aliphatic heterocycles. The molecule has 0 saturated carbocycles. The maximum absolute atomic E-state index is 12.3. The van der Waals surface area contributed by atoms with Crippen LogP contribution in [0, 0.1) is 6.92 Å². The highest BCUT2D eigenvalue weighted by atomic mass is 35.5. The number of halogens is 1. The van der Waals surface area contributed by atoms with E-state index in [-0.39, 0.29) is 5.91 Å². The zero-order valence-electron chi connectivity index (χ0n) is 12.1. The molecular formula is C17H18ClNO2. The zero-order chi connectivity index (χ0) is 15.2. The molecule has 0 heterocycles. The fraction of sp³-hybridized carbons (Fsp3) is 0.235. The van der Waals surface area contributed by atoms with Crippen LogP contribution in [0.25, 0.3) is 0 Å². The lowest BCUT2D eigenvalue weighted by Crippen LogP contribution is -2.32. The molecule has 1 N–H and O–H groups in total. The summed E-state index contributed by atoms with van der Waals surface area (Å²) in [6.45, 7) is 3.90. The summed E-state index contributed by atoms with van der Waals surface area (Å²) in [7, 11) is 0. The van der Waals surface area contributed by atoms with E-state index in [0.29, 0.717) is 17.2 Å². The summed E-state index contributed by atoms with van der Waals surface area (Å²) in [6.07, 6.45) is 0.0481. The minimum atomic E-state index is -0.535. The molecule has 0 aromatic heterocycles. The molecule has 0 radical (unpaired) electrons. The Morgan fingerprint density at radius 1 is 1.24 bits per heavy atom. The third-order valence-electron chi connectivity index (χ3n) is 3.04. The molecule has 110 valence electrons. The van der Waals surface area contributed by atoms with Gasteiger partial charge in [-0.3, -0.25) is 4.79 Å². The van der Waals surface area contributed by atoms with Crippen LogP contribution in [0.4, 0.5) is 5.69 Å². The fourth-order valence-corrected chi connectivity index (χ4v) is 2.07. The van der Waals surface area contributed by atoms with Gasteiger partial charge in [0.15, 0.2) is 6.10 Å². The van der Waals surface area contributed by atoms with E-state index in [1.165, 1.54) is 0 Å². The Hall–Kier alpha value is -2.00. The third-order valence-corrected chi connectivity index (χ3v) is 3.29. The van der Waals surface area contributed by atoms with Gasteiger partial charge in [0.25, 0.3) is 5.91 Å². The summed E-state index contributed by atoms with van der Waals surface area (Å²) in [6, 6.07) is 14.7. The number of anilines is 1. The van der Waals surface area contributed by atoms with Gasteiger partial charge in [-0.05, 0) is 55.3 Å². The summed E-state index contributed by atoms with van der Waals surface area (Å²) >= 11 is 5.83. The van der Waals surface area contributed by atoms with Crippen molar-refractivity contribution in [1.29, 1.82) is 0 Å². The van der Waals surface area contributed by atoms with Crippen molar-refractivity contribution in [3.05, 3.63) is 59.1 Å². The molecule has 1 amide bonds. The van der Waals surface area contributed by atoms with Crippen LogP contribution in [0.15, 0.2) is 48.5 Å². The van der Waals surface area contributed by atoms with Crippen LogP contribution >= 0.6 is 11.6 Å². The molecule has 2 aromatic rings. The Balaban J connectivity index is 2.03. The van der Waals surface area contributed by atoms with Crippen molar-refractivity contribution in [2.24, 2.45) is 0 Å². The lowest BCUT2D eigenvalue weighted by Gasteiger charge is -2.17. The lowest BCUT2D eigenvalue weighted by molar-refractivity contribution is -0.122. The largest absolute Gasteiger partial charge is 0.481 e. The molecule has 0 spiro atoms. The van der Waals surface area contributed by atoms with Crippen molar-refractivity contribution in [3.63, 3.8) is 0 Å². The molecule has 4 heteroatoms. The Labute approximate surface area is 129 Å². The predicted octanol–water partition coefficient (Wildman–Crippen LogP) is 4.44. The first kappa shape index (κ1) is 15.4. The van der Waals surface area contributed by atoms with Gasteiger partial charge in [-0.25, -0.2) is 0 Å². The molecule has 0 fully saturated rings. The molecular weight excluding hydrogens is 286 g/mol. The Morgan fingerprint density at radius 3 is 2.57 bits per heavy atom. The maximum Gasteiger partial charge on any atom is 0.265 e. The van der Waals surface area contributed by atoms with Crippen molar-refractivity contribution >= 4 is 23.2 Å². The highest BCUT2D eigenvalue weighted by Crippen LogP contribution is 2.18. The van der Waals surface area contributed by atoms with Crippen LogP contribution in [-0.2, 0) is 4.79 Å². The van der Waals surface area contributed by atoms with Gasteiger partial charge in [-0.1, -0.05) is 30.7 Å². The smallest absolute Gasteiger partial charge is 0.265 e. The maximum atomic E-state index is 12.3. The molecule has 0 aliphatic rings. The number of hydrogen-bond acceptors (Lipinski definition) is 2. The van der Waals surface area contributed by atoms with Crippen LogP contribution in [0.5, 0.6) is 5.75 Å². The number of nitrogens with one attached hydrogen (secondary N) is 1. The van der Waals surface area contributed by atoms with Gasteiger partial charge < -0.3 is 10.1 Å². The van der Waals surface area contributed by atoms with Gasteiger partial charge in [-0.15, -0.1) is 0 Å². The molecule has 0 bridgehead atoms. The monoisotopic (exact) mass is 303 g/mol. The Bertz CT molecular complexity index is 610. The highest BCUT2D eigenvalue weighted by molar-refractivity contribution is 6.30. The number of ether oxygens (including phenoxy) is 1. The van der Waals surface area contributed by atoms with E-state index in [4.69, 9.17) is 16.3 Å². The van der Waals surface area contributed by atoms with Crippen molar-refractivity contribution in [3.8, 4) is 5.75 Å². The Morgan fingerprint density at radius 2 is 1.95 bits per heavy atom. The predicted molar refractivity (Wildman–Crippen MR) is 86.0 cm³/mol. The van der Waals surface area contributed by atoms with Crippen molar-refractivity contribution < 1.29 is 9.53 Å². The summed E-state index contributed by atoms with van der Waals surface area (Å²) < 4.78 is 5.71. The number of carbonyl (C=O) groups is 1. The van der Waals surface area contributed by atoms with Gasteiger partial charge in [0, 0.05) is 10.7 Å². The second-order valence-electron chi connectivity index (χ2n) is 4.83. The average Bonchev–Trinajstić information content (AvgIpc) is 2.46. The molecule has 0 saturated heterocycles. The zero-order valence-corrected chi connectivity index (χ0v) is 12.9. The van der Waals surface area contributed by atoms with E-state index in [9.17, 15) is 4.79 Å². The average molecular weight is 304 g/mol. The molecule has 21 heavy (non-hydrogen) atoms. The van der Waals surface area contributed by atoms with Crippen LogP contribution < -0.4 is 10.1 Å². The van der Waals surface area contributed by atoms with Crippen LogP contribution in [-0.4, -0.2) is 12.0 Å². The number of hydrogen-bond donors (Lipinski definition) is 1. The summed E-state index contributed by atoms with van der Waals surface area (Å²) in [4.78, 5) is 12.3. The molecule has 0 aliphatic carbocycles. The second kappa shape index (κ2) is 7.14.